The lowest BCUT2D eigenvalue weighted by Gasteiger charge is -2.33. The first-order chi connectivity index (χ1) is 7.67. The van der Waals surface area contributed by atoms with Gasteiger partial charge < -0.3 is 5.11 Å². The van der Waals surface area contributed by atoms with E-state index in [2.05, 4.69) is 4.98 Å². The molecule has 0 saturated heterocycles. The topological polar surface area (TPSA) is 50.2 Å². The van der Waals surface area contributed by atoms with Gasteiger partial charge in [-0.05, 0) is 18.9 Å². The van der Waals surface area contributed by atoms with E-state index in [4.69, 9.17) is 11.6 Å². The molecule has 0 radical (unpaired) electrons. The molecular weight excluding hydrogens is 226 g/mol. The summed E-state index contributed by atoms with van der Waals surface area (Å²) in [6.07, 6.45) is 5.90. The number of aromatic nitrogens is 1. The highest BCUT2D eigenvalue weighted by atomic mass is 35.5. The molecule has 0 bridgehead atoms. The molecule has 16 heavy (non-hydrogen) atoms. The SMILES string of the molecule is O=C(O)C1(c2cccnc2Cl)CCCCC1. The van der Waals surface area contributed by atoms with Gasteiger partial charge in [-0.3, -0.25) is 4.79 Å². The molecule has 1 N–H and O–H groups in total. The number of aliphatic carboxylic acids is 1. The van der Waals surface area contributed by atoms with Gasteiger partial charge in [-0.1, -0.05) is 36.9 Å². The summed E-state index contributed by atoms with van der Waals surface area (Å²) in [5.74, 6) is -0.776. The largest absolute Gasteiger partial charge is 0.481 e. The highest BCUT2D eigenvalue weighted by Crippen LogP contribution is 2.41. The summed E-state index contributed by atoms with van der Waals surface area (Å²) < 4.78 is 0. The summed E-state index contributed by atoms with van der Waals surface area (Å²) in [5.41, 5.74) is -0.146. The minimum atomic E-state index is -0.816. The van der Waals surface area contributed by atoms with Gasteiger partial charge in [0.15, 0.2) is 0 Å². The monoisotopic (exact) mass is 239 g/mol. The Morgan fingerprint density at radius 1 is 1.38 bits per heavy atom. The van der Waals surface area contributed by atoms with Crippen molar-refractivity contribution in [3.05, 3.63) is 29.0 Å². The molecule has 2 rings (SSSR count). The first-order valence-electron chi connectivity index (χ1n) is 5.51. The van der Waals surface area contributed by atoms with Crippen molar-refractivity contribution < 1.29 is 9.90 Å². The predicted molar refractivity (Wildman–Crippen MR) is 61.6 cm³/mol. The van der Waals surface area contributed by atoms with Gasteiger partial charge in [0, 0.05) is 11.8 Å². The molecule has 1 saturated carbocycles. The van der Waals surface area contributed by atoms with Gasteiger partial charge in [-0.25, -0.2) is 4.98 Å². The van der Waals surface area contributed by atoms with E-state index in [1.165, 1.54) is 0 Å². The number of nitrogens with zero attached hydrogens (tertiary/aromatic N) is 1. The summed E-state index contributed by atoms with van der Waals surface area (Å²) in [4.78, 5) is 15.5. The lowest BCUT2D eigenvalue weighted by Crippen LogP contribution is -2.38. The van der Waals surface area contributed by atoms with Gasteiger partial charge in [0.25, 0.3) is 0 Å². The van der Waals surface area contributed by atoms with E-state index in [0.717, 1.165) is 19.3 Å². The number of carboxylic acids is 1. The fraction of sp³-hybridized carbons (Fsp3) is 0.500. The molecule has 0 aromatic carbocycles. The van der Waals surface area contributed by atoms with E-state index in [-0.39, 0.29) is 0 Å². The van der Waals surface area contributed by atoms with Crippen LogP contribution in [0.25, 0.3) is 0 Å². The first kappa shape index (κ1) is 11.4. The Kier molecular flexibility index (Phi) is 3.15. The van der Waals surface area contributed by atoms with Crippen LogP contribution in [0.2, 0.25) is 5.15 Å². The van der Waals surface area contributed by atoms with E-state index in [0.29, 0.717) is 23.6 Å². The molecule has 4 heteroatoms. The minimum Gasteiger partial charge on any atom is -0.481 e. The second-order valence-corrected chi connectivity index (χ2v) is 4.65. The summed E-state index contributed by atoms with van der Waals surface area (Å²) >= 11 is 6.02. The van der Waals surface area contributed by atoms with Crippen molar-refractivity contribution in [1.82, 2.24) is 4.98 Å². The van der Waals surface area contributed by atoms with Gasteiger partial charge in [-0.15, -0.1) is 0 Å². The van der Waals surface area contributed by atoms with E-state index in [1.54, 1.807) is 18.3 Å². The summed E-state index contributed by atoms with van der Waals surface area (Å²) in [7, 11) is 0. The van der Waals surface area contributed by atoms with Crippen molar-refractivity contribution in [1.29, 1.82) is 0 Å². The third-order valence-electron chi connectivity index (χ3n) is 3.39. The van der Waals surface area contributed by atoms with Crippen LogP contribution < -0.4 is 0 Å². The van der Waals surface area contributed by atoms with Crippen LogP contribution in [0, 0.1) is 0 Å². The zero-order valence-corrected chi connectivity index (χ0v) is 9.70. The molecule has 1 aliphatic carbocycles. The molecule has 1 aromatic heterocycles. The van der Waals surface area contributed by atoms with Gasteiger partial charge in [-0.2, -0.15) is 0 Å². The number of rotatable bonds is 2. The van der Waals surface area contributed by atoms with E-state index in [9.17, 15) is 9.90 Å². The number of pyridine rings is 1. The number of carboxylic acid groups (broad SMARTS) is 1. The van der Waals surface area contributed by atoms with Crippen LogP contribution in [-0.4, -0.2) is 16.1 Å². The predicted octanol–water partition coefficient (Wildman–Crippen LogP) is 3.02. The van der Waals surface area contributed by atoms with Gasteiger partial charge in [0.1, 0.15) is 5.15 Å². The summed E-state index contributed by atoms with van der Waals surface area (Å²) in [6, 6.07) is 3.54. The van der Waals surface area contributed by atoms with Crippen molar-refractivity contribution >= 4 is 17.6 Å². The smallest absolute Gasteiger partial charge is 0.314 e. The first-order valence-corrected chi connectivity index (χ1v) is 5.89. The Bertz CT molecular complexity index is 400. The third kappa shape index (κ3) is 1.80. The van der Waals surface area contributed by atoms with Crippen LogP contribution >= 0.6 is 11.6 Å². The molecule has 0 aliphatic heterocycles. The van der Waals surface area contributed by atoms with E-state index < -0.39 is 11.4 Å². The van der Waals surface area contributed by atoms with Crippen molar-refractivity contribution in [2.45, 2.75) is 37.5 Å². The second-order valence-electron chi connectivity index (χ2n) is 4.29. The Labute approximate surface area is 99.5 Å². The molecular formula is C12H14ClNO2. The molecule has 0 atom stereocenters. The molecule has 0 spiro atoms. The quantitative estimate of drug-likeness (QED) is 0.807. The Hall–Kier alpha value is -1.09. The fourth-order valence-corrected chi connectivity index (χ4v) is 2.80. The average molecular weight is 240 g/mol. The maximum absolute atomic E-state index is 11.5. The molecule has 0 unspecified atom stereocenters. The highest BCUT2D eigenvalue weighted by molar-refractivity contribution is 6.30. The minimum absolute atomic E-state index is 0.326. The zero-order chi connectivity index (χ0) is 11.6. The Balaban J connectivity index is 2.47. The molecule has 0 amide bonds. The number of halogens is 1. The van der Waals surface area contributed by atoms with Crippen molar-refractivity contribution in [3.63, 3.8) is 0 Å². The fourth-order valence-electron chi connectivity index (χ4n) is 2.50. The van der Waals surface area contributed by atoms with E-state index in [1.807, 2.05) is 0 Å². The highest BCUT2D eigenvalue weighted by Gasteiger charge is 2.42. The maximum atomic E-state index is 11.5. The van der Waals surface area contributed by atoms with Crippen LogP contribution in [0.15, 0.2) is 18.3 Å². The Morgan fingerprint density at radius 2 is 2.06 bits per heavy atom. The summed E-state index contributed by atoms with van der Waals surface area (Å²) in [5, 5.41) is 9.81. The number of hydrogen-bond acceptors (Lipinski definition) is 2. The van der Waals surface area contributed by atoms with Gasteiger partial charge in [0.2, 0.25) is 0 Å². The van der Waals surface area contributed by atoms with Crippen LogP contribution in [0.4, 0.5) is 0 Å². The summed E-state index contributed by atoms with van der Waals surface area (Å²) in [6.45, 7) is 0. The van der Waals surface area contributed by atoms with Crippen LogP contribution in [-0.2, 0) is 10.2 Å². The molecule has 86 valence electrons. The molecule has 1 aliphatic rings. The standard InChI is InChI=1S/C12H14ClNO2/c13-10-9(5-4-8-14-10)12(11(15)16)6-2-1-3-7-12/h4-5,8H,1-3,6-7H2,(H,15,16). The van der Waals surface area contributed by atoms with Gasteiger partial charge in [0.05, 0.1) is 5.41 Å². The van der Waals surface area contributed by atoms with Crippen molar-refractivity contribution in [2.75, 3.05) is 0 Å². The number of carbonyl (C=O) groups is 1. The third-order valence-corrected chi connectivity index (χ3v) is 3.69. The molecule has 3 nitrogen and oxygen atoms in total. The lowest BCUT2D eigenvalue weighted by atomic mass is 9.70. The lowest BCUT2D eigenvalue weighted by molar-refractivity contribution is -0.145. The normalized spacial score (nSPS) is 19.3. The van der Waals surface area contributed by atoms with Crippen LogP contribution in [0.5, 0.6) is 0 Å². The van der Waals surface area contributed by atoms with E-state index >= 15 is 0 Å². The Morgan fingerprint density at radius 3 is 2.62 bits per heavy atom. The average Bonchev–Trinajstić information content (AvgIpc) is 2.30. The van der Waals surface area contributed by atoms with Gasteiger partial charge >= 0.3 is 5.97 Å². The van der Waals surface area contributed by atoms with Crippen molar-refractivity contribution in [3.8, 4) is 0 Å². The molecule has 1 aromatic rings. The van der Waals surface area contributed by atoms with Crippen molar-refractivity contribution in [2.24, 2.45) is 0 Å². The maximum Gasteiger partial charge on any atom is 0.314 e. The van der Waals surface area contributed by atoms with Crippen LogP contribution in [0.3, 0.4) is 0 Å². The second kappa shape index (κ2) is 4.42. The molecule has 1 heterocycles. The number of hydrogen-bond donors (Lipinski definition) is 1. The molecule has 1 fully saturated rings. The zero-order valence-electron chi connectivity index (χ0n) is 8.95. The van der Waals surface area contributed by atoms with Crippen LogP contribution in [0.1, 0.15) is 37.7 Å².